The van der Waals surface area contributed by atoms with E-state index >= 15 is 0 Å². The van der Waals surface area contributed by atoms with Crippen molar-refractivity contribution in [3.63, 3.8) is 0 Å². The van der Waals surface area contributed by atoms with Crippen LogP contribution in [0.1, 0.15) is 17.0 Å². The van der Waals surface area contributed by atoms with Gasteiger partial charge < -0.3 is 9.88 Å². The molecule has 1 heterocycles. The fourth-order valence-corrected chi connectivity index (χ4v) is 3.92. The molecule has 7 nitrogen and oxygen atoms in total. The lowest BCUT2D eigenvalue weighted by Gasteiger charge is -2.09. The minimum Gasteiger partial charge on any atom is -0.330 e. The SMILES string of the molecule is N#Cc1cccc(NC(=O)CS(=O)(=O)Cc2nccn2Cc2ccccc2)c1. The van der Waals surface area contributed by atoms with Crippen LogP contribution in [-0.4, -0.2) is 29.6 Å². The summed E-state index contributed by atoms with van der Waals surface area (Å²) >= 11 is 0. The molecule has 0 spiro atoms. The molecule has 28 heavy (non-hydrogen) atoms. The Bertz CT molecular complexity index is 1120. The molecule has 0 atom stereocenters. The first kappa shape index (κ1) is 19.3. The molecule has 1 aromatic heterocycles. The first-order valence-electron chi connectivity index (χ1n) is 8.49. The van der Waals surface area contributed by atoms with E-state index in [0.29, 0.717) is 23.6 Å². The number of nitrogens with zero attached hydrogens (tertiary/aromatic N) is 3. The van der Waals surface area contributed by atoms with E-state index in [9.17, 15) is 13.2 Å². The summed E-state index contributed by atoms with van der Waals surface area (Å²) < 4.78 is 26.7. The highest BCUT2D eigenvalue weighted by Gasteiger charge is 2.20. The lowest BCUT2D eigenvalue weighted by molar-refractivity contribution is -0.113. The number of nitriles is 1. The second-order valence-corrected chi connectivity index (χ2v) is 8.29. The van der Waals surface area contributed by atoms with Gasteiger partial charge in [-0.15, -0.1) is 0 Å². The molecular formula is C20H18N4O3S. The Hall–Kier alpha value is -3.44. The Morgan fingerprint density at radius 2 is 1.93 bits per heavy atom. The second-order valence-electron chi connectivity index (χ2n) is 6.23. The van der Waals surface area contributed by atoms with Gasteiger partial charge in [-0.2, -0.15) is 5.26 Å². The zero-order valence-electron chi connectivity index (χ0n) is 14.9. The predicted octanol–water partition coefficient (Wildman–Crippen LogP) is 2.36. The molecule has 0 saturated heterocycles. The van der Waals surface area contributed by atoms with E-state index in [4.69, 9.17) is 5.26 Å². The van der Waals surface area contributed by atoms with Gasteiger partial charge in [-0.25, -0.2) is 13.4 Å². The largest absolute Gasteiger partial charge is 0.330 e. The van der Waals surface area contributed by atoms with Gasteiger partial charge in [0.05, 0.1) is 11.6 Å². The molecule has 1 amide bonds. The number of carbonyl (C=O) groups is 1. The second kappa shape index (κ2) is 8.50. The number of anilines is 1. The van der Waals surface area contributed by atoms with Gasteiger partial charge in [0, 0.05) is 24.6 Å². The molecule has 0 unspecified atom stereocenters. The van der Waals surface area contributed by atoms with E-state index in [1.54, 1.807) is 35.2 Å². The van der Waals surface area contributed by atoms with Crippen LogP contribution in [0.3, 0.4) is 0 Å². The Morgan fingerprint density at radius 1 is 1.14 bits per heavy atom. The summed E-state index contributed by atoms with van der Waals surface area (Å²) in [5, 5.41) is 11.4. The molecule has 0 radical (unpaired) electrons. The van der Waals surface area contributed by atoms with Gasteiger partial charge in [0.25, 0.3) is 0 Å². The van der Waals surface area contributed by atoms with Crippen LogP contribution in [-0.2, 0) is 26.9 Å². The van der Waals surface area contributed by atoms with Gasteiger partial charge >= 0.3 is 0 Å². The lowest BCUT2D eigenvalue weighted by Crippen LogP contribution is -2.25. The minimum atomic E-state index is -3.71. The highest BCUT2D eigenvalue weighted by atomic mass is 32.2. The average Bonchev–Trinajstić information content (AvgIpc) is 3.08. The highest BCUT2D eigenvalue weighted by molar-refractivity contribution is 7.91. The van der Waals surface area contributed by atoms with Gasteiger partial charge in [0.2, 0.25) is 5.91 Å². The summed E-state index contributed by atoms with van der Waals surface area (Å²) in [5.41, 5.74) is 1.78. The summed E-state index contributed by atoms with van der Waals surface area (Å²) in [4.78, 5) is 16.3. The number of benzene rings is 2. The predicted molar refractivity (Wildman–Crippen MR) is 105 cm³/mol. The van der Waals surface area contributed by atoms with Crippen LogP contribution < -0.4 is 5.32 Å². The third kappa shape index (κ3) is 5.28. The van der Waals surface area contributed by atoms with Crippen molar-refractivity contribution in [3.8, 4) is 6.07 Å². The molecule has 0 bridgehead atoms. The molecule has 0 aliphatic heterocycles. The number of sulfone groups is 1. The molecule has 0 fully saturated rings. The number of amides is 1. The van der Waals surface area contributed by atoms with Gasteiger partial charge in [-0.05, 0) is 23.8 Å². The number of hydrogen-bond acceptors (Lipinski definition) is 5. The first-order chi connectivity index (χ1) is 13.4. The monoisotopic (exact) mass is 394 g/mol. The quantitative estimate of drug-likeness (QED) is 0.662. The van der Waals surface area contributed by atoms with Crippen LogP contribution in [0.4, 0.5) is 5.69 Å². The normalized spacial score (nSPS) is 11.0. The van der Waals surface area contributed by atoms with Crippen molar-refractivity contribution in [3.05, 3.63) is 83.9 Å². The van der Waals surface area contributed by atoms with Gasteiger partial charge in [-0.1, -0.05) is 36.4 Å². The Balaban J connectivity index is 1.65. The van der Waals surface area contributed by atoms with E-state index in [1.165, 1.54) is 6.07 Å². The fraction of sp³-hybridized carbons (Fsp3) is 0.150. The number of imidazole rings is 1. The van der Waals surface area contributed by atoms with Crippen molar-refractivity contribution in [2.45, 2.75) is 12.3 Å². The summed E-state index contributed by atoms with van der Waals surface area (Å²) in [6.07, 6.45) is 3.26. The van der Waals surface area contributed by atoms with Crippen molar-refractivity contribution in [2.75, 3.05) is 11.1 Å². The lowest BCUT2D eigenvalue weighted by atomic mass is 10.2. The van der Waals surface area contributed by atoms with Gasteiger partial charge in [0.1, 0.15) is 17.3 Å². The fourth-order valence-electron chi connectivity index (χ4n) is 2.72. The van der Waals surface area contributed by atoms with E-state index in [0.717, 1.165) is 5.56 Å². The Kier molecular flexibility index (Phi) is 5.87. The van der Waals surface area contributed by atoms with Crippen LogP contribution in [0.15, 0.2) is 67.0 Å². The number of carbonyl (C=O) groups excluding carboxylic acids is 1. The van der Waals surface area contributed by atoms with Crippen LogP contribution in [0.25, 0.3) is 0 Å². The van der Waals surface area contributed by atoms with Crippen LogP contribution >= 0.6 is 0 Å². The number of nitrogens with one attached hydrogen (secondary N) is 1. The molecule has 0 aliphatic carbocycles. The molecule has 3 rings (SSSR count). The number of rotatable bonds is 7. The third-order valence-corrected chi connectivity index (χ3v) is 5.37. The van der Waals surface area contributed by atoms with Crippen molar-refractivity contribution < 1.29 is 13.2 Å². The topological polar surface area (TPSA) is 105 Å². The van der Waals surface area contributed by atoms with E-state index in [1.807, 2.05) is 36.4 Å². The minimum absolute atomic E-state index is 0.335. The zero-order valence-corrected chi connectivity index (χ0v) is 15.8. The summed E-state index contributed by atoms with van der Waals surface area (Å²) in [6.45, 7) is 0.499. The molecule has 1 N–H and O–H groups in total. The summed E-state index contributed by atoms with van der Waals surface area (Å²) in [6, 6.07) is 17.9. The Labute approximate surface area is 163 Å². The molecule has 0 saturated carbocycles. The van der Waals surface area contributed by atoms with Crippen LogP contribution in [0.2, 0.25) is 0 Å². The summed E-state index contributed by atoms with van der Waals surface area (Å²) in [7, 11) is -3.71. The Morgan fingerprint density at radius 3 is 2.68 bits per heavy atom. The maximum Gasteiger partial charge on any atom is 0.239 e. The van der Waals surface area contributed by atoms with E-state index in [2.05, 4.69) is 10.3 Å². The highest BCUT2D eigenvalue weighted by Crippen LogP contribution is 2.12. The van der Waals surface area contributed by atoms with E-state index < -0.39 is 21.5 Å². The van der Waals surface area contributed by atoms with Crippen LogP contribution in [0, 0.1) is 11.3 Å². The molecule has 142 valence electrons. The van der Waals surface area contributed by atoms with Gasteiger partial charge in [-0.3, -0.25) is 4.79 Å². The maximum atomic E-state index is 12.5. The molecule has 3 aromatic rings. The molecule has 8 heteroatoms. The van der Waals surface area contributed by atoms with Crippen LogP contribution in [0.5, 0.6) is 0 Å². The maximum absolute atomic E-state index is 12.5. The van der Waals surface area contributed by atoms with Crippen molar-refractivity contribution in [1.82, 2.24) is 9.55 Å². The summed E-state index contributed by atoms with van der Waals surface area (Å²) in [5.74, 6) is -1.28. The van der Waals surface area contributed by atoms with Gasteiger partial charge in [0.15, 0.2) is 9.84 Å². The number of aromatic nitrogens is 2. The van der Waals surface area contributed by atoms with Crippen molar-refractivity contribution >= 4 is 21.4 Å². The molecule has 0 aliphatic rings. The third-order valence-electron chi connectivity index (χ3n) is 3.97. The standard InChI is InChI=1S/C20H18N4O3S/c21-12-17-7-4-8-18(11-17)23-20(25)15-28(26,27)14-19-22-9-10-24(19)13-16-5-2-1-3-6-16/h1-11H,13-15H2,(H,23,25). The first-order valence-corrected chi connectivity index (χ1v) is 10.3. The smallest absolute Gasteiger partial charge is 0.239 e. The van der Waals surface area contributed by atoms with Crippen molar-refractivity contribution in [1.29, 1.82) is 5.26 Å². The van der Waals surface area contributed by atoms with Crippen molar-refractivity contribution in [2.24, 2.45) is 0 Å². The number of hydrogen-bond donors (Lipinski definition) is 1. The average molecular weight is 394 g/mol. The molecular weight excluding hydrogens is 376 g/mol. The zero-order chi connectivity index (χ0) is 20.0. The molecule has 2 aromatic carbocycles. The van der Waals surface area contributed by atoms with E-state index in [-0.39, 0.29) is 5.75 Å².